The van der Waals surface area contributed by atoms with Crippen molar-refractivity contribution < 1.29 is 23.8 Å². The lowest BCUT2D eigenvalue weighted by Gasteiger charge is -2.65. The van der Waals surface area contributed by atoms with Crippen LogP contribution in [0.2, 0.25) is 0 Å². The molecular formula is C30H34N2O5. The molecule has 2 aliphatic carbocycles. The topological polar surface area (TPSA) is 68.3 Å². The van der Waals surface area contributed by atoms with Crippen molar-refractivity contribution in [3.63, 3.8) is 0 Å². The highest BCUT2D eigenvalue weighted by atomic mass is 16.6. The summed E-state index contributed by atoms with van der Waals surface area (Å²) in [6.07, 6.45) is 6.05. The van der Waals surface area contributed by atoms with Gasteiger partial charge < -0.3 is 19.1 Å². The van der Waals surface area contributed by atoms with E-state index < -0.39 is 11.0 Å². The summed E-state index contributed by atoms with van der Waals surface area (Å²) in [7, 11) is 5.64. The highest BCUT2D eigenvalue weighted by Gasteiger charge is 2.75. The molecule has 194 valence electrons. The van der Waals surface area contributed by atoms with Gasteiger partial charge in [0.1, 0.15) is 11.7 Å². The number of likely N-dealkylation sites (N-methyl/N-ethyl adjacent to an activating group) is 2. The van der Waals surface area contributed by atoms with Gasteiger partial charge in [-0.15, -0.1) is 0 Å². The van der Waals surface area contributed by atoms with Crippen LogP contribution in [-0.4, -0.2) is 73.2 Å². The highest BCUT2D eigenvalue weighted by Crippen LogP contribution is 2.67. The lowest BCUT2D eigenvalue weighted by atomic mass is 9.48. The number of rotatable bonds is 5. The van der Waals surface area contributed by atoms with Gasteiger partial charge in [-0.05, 0) is 62.5 Å². The van der Waals surface area contributed by atoms with Crippen LogP contribution in [0.5, 0.6) is 11.5 Å². The number of methoxy groups -OCH3 is 1. The summed E-state index contributed by atoms with van der Waals surface area (Å²) >= 11 is 0. The third-order valence-electron chi connectivity index (χ3n) is 9.25. The second kappa shape index (κ2) is 8.62. The number of amides is 1. The number of carbonyl (C=O) groups is 2. The molecule has 4 aliphatic rings. The van der Waals surface area contributed by atoms with E-state index in [1.54, 1.807) is 13.2 Å². The molecule has 7 heteroatoms. The zero-order valence-electron chi connectivity index (χ0n) is 21.9. The van der Waals surface area contributed by atoms with Crippen LogP contribution in [0.25, 0.3) is 6.08 Å². The Kier molecular flexibility index (Phi) is 5.60. The standard InChI is InChI=1S/C30H34N2O5/c1-19(33)37-30-15-14-22(32(3)25(34)13-10-20-8-6-5-7-9-20)28-29(30)16-17-31(2)24(30)18-21-11-12-23(35-4)27(36-28)26(21)29/h5-13,22,24,28H,14-18H2,1-4H3/t22-,24-,28+,29+,30-/m1/s1. The Hall–Kier alpha value is -3.32. The van der Waals surface area contributed by atoms with Crippen molar-refractivity contribution in [3.05, 3.63) is 65.2 Å². The number of piperidine rings is 1. The van der Waals surface area contributed by atoms with Crippen molar-refractivity contribution in [1.82, 2.24) is 9.80 Å². The molecule has 1 saturated heterocycles. The fourth-order valence-electron chi connectivity index (χ4n) is 7.72. The molecule has 2 aromatic rings. The predicted octanol–water partition coefficient (Wildman–Crippen LogP) is 3.59. The van der Waals surface area contributed by atoms with Crippen LogP contribution < -0.4 is 9.47 Å². The van der Waals surface area contributed by atoms with Crippen molar-refractivity contribution in [2.45, 2.75) is 61.8 Å². The molecule has 1 amide bonds. The number of ether oxygens (including phenoxy) is 3. The number of benzene rings is 2. The molecule has 0 radical (unpaired) electrons. The zero-order valence-corrected chi connectivity index (χ0v) is 21.9. The summed E-state index contributed by atoms with van der Waals surface area (Å²) in [5, 5.41) is 0. The van der Waals surface area contributed by atoms with Gasteiger partial charge in [0.05, 0.1) is 24.6 Å². The van der Waals surface area contributed by atoms with Crippen LogP contribution >= 0.6 is 0 Å². The molecule has 7 nitrogen and oxygen atoms in total. The first-order valence-corrected chi connectivity index (χ1v) is 13.1. The molecule has 5 atom stereocenters. The molecule has 0 N–H and O–H groups in total. The van der Waals surface area contributed by atoms with Crippen molar-refractivity contribution >= 4 is 18.0 Å². The molecule has 2 bridgehead atoms. The minimum Gasteiger partial charge on any atom is -0.493 e. The second-order valence-corrected chi connectivity index (χ2v) is 10.9. The molecular weight excluding hydrogens is 468 g/mol. The summed E-state index contributed by atoms with van der Waals surface area (Å²) in [6.45, 7) is 2.37. The Bertz CT molecular complexity index is 1280. The maximum absolute atomic E-state index is 13.4. The van der Waals surface area contributed by atoms with E-state index in [1.165, 1.54) is 12.5 Å². The van der Waals surface area contributed by atoms with E-state index in [0.29, 0.717) is 18.6 Å². The summed E-state index contributed by atoms with van der Waals surface area (Å²) in [4.78, 5) is 30.2. The van der Waals surface area contributed by atoms with Gasteiger partial charge in [-0.3, -0.25) is 14.5 Å². The van der Waals surface area contributed by atoms with Crippen LogP contribution in [0.4, 0.5) is 0 Å². The number of esters is 1. The summed E-state index contributed by atoms with van der Waals surface area (Å²) in [5.74, 6) is 1.09. The number of hydrogen-bond donors (Lipinski definition) is 0. The van der Waals surface area contributed by atoms with Crippen LogP contribution in [0, 0.1) is 0 Å². The zero-order chi connectivity index (χ0) is 25.9. The molecule has 0 aromatic heterocycles. The SMILES string of the molecule is COc1ccc2c3c1O[C@H]1[C@H](N(C)C(=O)C=Cc4ccccc4)CC[C@@]4(OC(C)=O)[C@@H](C2)N(C)CC[C@]314. The van der Waals surface area contributed by atoms with Gasteiger partial charge in [-0.2, -0.15) is 0 Å². The molecule has 37 heavy (non-hydrogen) atoms. The van der Waals surface area contributed by atoms with Crippen LogP contribution in [-0.2, 0) is 26.2 Å². The molecule has 2 heterocycles. The van der Waals surface area contributed by atoms with Crippen LogP contribution in [0.15, 0.2) is 48.5 Å². The Morgan fingerprint density at radius 3 is 2.68 bits per heavy atom. The molecule has 2 fully saturated rings. The fourth-order valence-corrected chi connectivity index (χ4v) is 7.72. The quantitative estimate of drug-likeness (QED) is 0.460. The number of nitrogens with zero attached hydrogens (tertiary/aromatic N) is 2. The summed E-state index contributed by atoms with van der Waals surface area (Å²) < 4.78 is 19.0. The van der Waals surface area contributed by atoms with E-state index in [0.717, 1.165) is 36.3 Å². The molecule has 1 spiro atoms. The third-order valence-corrected chi connectivity index (χ3v) is 9.25. The van der Waals surface area contributed by atoms with E-state index in [9.17, 15) is 9.59 Å². The smallest absolute Gasteiger partial charge is 0.303 e. The molecule has 6 rings (SSSR count). The maximum atomic E-state index is 13.4. The van der Waals surface area contributed by atoms with Gasteiger partial charge >= 0.3 is 5.97 Å². The molecule has 2 aromatic carbocycles. The molecule has 1 saturated carbocycles. The van der Waals surface area contributed by atoms with E-state index in [2.05, 4.69) is 18.0 Å². The van der Waals surface area contributed by atoms with Gasteiger partial charge in [0.2, 0.25) is 5.91 Å². The largest absolute Gasteiger partial charge is 0.493 e. The van der Waals surface area contributed by atoms with E-state index in [4.69, 9.17) is 14.2 Å². The minimum atomic E-state index is -0.721. The minimum absolute atomic E-state index is 0.0445. The Morgan fingerprint density at radius 2 is 1.95 bits per heavy atom. The average Bonchev–Trinajstić information content (AvgIpc) is 3.24. The van der Waals surface area contributed by atoms with Gasteiger partial charge in [0.25, 0.3) is 0 Å². The predicted molar refractivity (Wildman–Crippen MR) is 140 cm³/mol. The Balaban J connectivity index is 1.45. The number of carbonyl (C=O) groups excluding carboxylic acids is 2. The highest BCUT2D eigenvalue weighted by molar-refractivity contribution is 5.92. The lowest BCUT2D eigenvalue weighted by molar-refractivity contribution is -0.220. The van der Waals surface area contributed by atoms with Crippen LogP contribution in [0.1, 0.15) is 42.9 Å². The Morgan fingerprint density at radius 1 is 1.16 bits per heavy atom. The first-order valence-electron chi connectivity index (χ1n) is 13.1. The van der Waals surface area contributed by atoms with E-state index in [1.807, 2.05) is 54.4 Å². The lowest BCUT2D eigenvalue weighted by Crippen LogP contribution is -2.78. The summed E-state index contributed by atoms with van der Waals surface area (Å²) in [6, 6.07) is 13.8. The van der Waals surface area contributed by atoms with Gasteiger partial charge in [0, 0.05) is 25.6 Å². The number of likely N-dealkylation sites (tertiary alicyclic amines) is 1. The van der Waals surface area contributed by atoms with Gasteiger partial charge in [-0.25, -0.2) is 0 Å². The first-order chi connectivity index (χ1) is 17.8. The van der Waals surface area contributed by atoms with Crippen LogP contribution in [0.3, 0.4) is 0 Å². The monoisotopic (exact) mass is 502 g/mol. The molecule has 0 unspecified atom stereocenters. The summed E-state index contributed by atoms with van der Waals surface area (Å²) in [5.41, 5.74) is 2.05. The Labute approximate surface area is 218 Å². The van der Waals surface area contributed by atoms with Crippen molar-refractivity contribution in [3.8, 4) is 11.5 Å². The van der Waals surface area contributed by atoms with Gasteiger partial charge in [-0.1, -0.05) is 36.4 Å². The fraction of sp³-hybridized carbons (Fsp3) is 0.467. The third kappa shape index (κ3) is 3.29. The van der Waals surface area contributed by atoms with Crippen molar-refractivity contribution in [1.29, 1.82) is 0 Å². The van der Waals surface area contributed by atoms with E-state index >= 15 is 0 Å². The van der Waals surface area contributed by atoms with Crippen molar-refractivity contribution in [2.75, 3.05) is 27.7 Å². The maximum Gasteiger partial charge on any atom is 0.303 e. The average molecular weight is 503 g/mol. The van der Waals surface area contributed by atoms with Gasteiger partial charge in [0.15, 0.2) is 11.5 Å². The number of hydrogen-bond acceptors (Lipinski definition) is 6. The first kappa shape index (κ1) is 24.0. The van der Waals surface area contributed by atoms with E-state index in [-0.39, 0.29) is 30.1 Å². The van der Waals surface area contributed by atoms with Crippen molar-refractivity contribution in [2.24, 2.45) is 0 Å². The molecule has 2 aliphatic heterocycles. The normalized spacial score (nSPS) is 31.4. The second-order valence-electron chi connectivity index (χ2n) is 10.9.